The Labute approximate surface area is 205 Å². The minimum Gasteiger partial charge on any atom is -0.497 e. The third-order valence-electron chi connectivity index (χ3n) is 5.19. The van der Waals surface area contributed by atoms with Crippen LogP contribution in [0, 0.1) is 5.82 Å². The monoisotopic (exact) mass is 496 g/mol. The molecule has 0 aliphatic heterocycles. The Hall–Kier alpha value is -4.05. The summed E-state index contributed by atoms with van der Waals surface area (Å²) in [5.74, 6) is 0.158. The third kappa shape index (κ3) is 5.55. The number of anilines is 1. The molecule has 2 aromatic heterocycles. The zero-order valence-electron chi connectivity index (χ0n) is 19.0. The third-order valence-corrected chi connectivity index (χ3v) is 5.50. The molecule has 180 valence electrons. The van der Waals surface area contributed by atoms with Crippen molar-refractivity contribution in [3.8, 4) is 17.0 Å². The number of aromatic nitrogens is 4. The van der Waals surface area contributed by atoms with Crippen molar-refractivity contribution in [1.82, 2.24) is 24.8 Å². The summed E-state index contributed by atoms with van der Waals surface area (Å²) in [4.78, 5) is 38.0. The number of carbonyl (C=O) groups excluding carboxylic acids is 1. The first-order valence-corrected chi connectivity index (χ1v) is 11.1. The van der Waals surface area contributed by atoms with Gasteiger partial charge in [0.25, 0.3) is 5.56 Å². The lowest BCUT2D eigenvalue weighted by Crippen LogP contribution is -2.31. The van der Waals surface area contributed by atoms with Gasteiger partial charge < -0.3 is 15.4 Å². The second-order valence-electron chi connectivity index (χ2n) is 7.63. The number of hydrogen-bond acceptors (Lipinski definition) is 7. The van der Waals surface area contributed by atoms with Crippen LogP contribution in [-0.4, -0.2) is 39.1 Å². The van der Waals surface area contributed by atoms with Crippen LogP contribution in [0.3, 0.4) is 0 Å². The Morgan fingerprint density at radius 2 is 1.94 bits per heavy atom. The summed E-state index contributed by atoms with van der Waals surface area (Å²) in [5, 5.41) is 5.75. The van der Waals surface area contributed by atoms with E-state index in [9.17, 15) is 14.0 Å². The maximum absolute atomic E-state index is 13.7. The van der Waals surface area contributed by atoms with Crippen molar-refractivity contribution in [3.63, 3.8) is 0 Å². The second kappa shape index (κ2) is 10.5. The fourth-order valence-electron chi connectivity index (χ4n) is 3.44. The van der Waals surface area contributed by atoms with Crippen molar-refractivity contribution < 1.29 is 13.9 Å². The van der Waals surface area contributed by atoms with Crippen LogP contribution in [0.4, 0.5) is 10.3 Å². The number of fused-ring (bicyclic) bond motifs is 1. The van der Waals surface area contributed by atoms with Crippen LogP contribution in [0.5, 0.6) is 5.75 Å². The van der Waals surface area contributed by atoms with Crippen molar-refractivity contribution in [2.24, 2.45) is 0 Å². The molecule has 0 aliphatic rings. The van der Waals surface area contributed by atoms with E-state index in [0.717, 1.165) is 0 Å². The molecule has 4 rings (SSSR count). The molecule has 4 aromatic rings. The fourth-order valence-corrected chi connectivity index (χ4v) is 3.56. The summed E-state index contributed by atoms with van der Waals surface area (Å²) in [6.45, 7) is 2.06. The lowest BCUT2D eigenvalue weighted by Gasteiger charge is -2.13. The molecular formula is C24H22ClFN6O3. The first-order chi connectivity index (χ1) is 16.9. The van der Waals surface area contributed by atoms with E-state index in [-0.39, 0.29) is 47.8 Å². The highest BCUT2D eigenvalue weighted by atomic mass is 35.5. The lowest BCUT2D eigenvalue weighted by atomic mass is 10.1. The number of ether oxygens (including phenoxy) is 1. The van der Waals surface area contributed by atoms with Crippen LogP contribution >= 0.6 is 11.6 Å². The van der Waals surface area contributed by atoms with Gasteiger partial charge in [-0.05, 0) is 42.0 Å². The summed E-state index contributed by atoms with van der Waals surface area (Å²) < 4.78 is 20.4. The van der Waals surface area contributed by atoms with Gasteiger partial charge in [-0.15, -0.1) is 0 Å². The molecule has 1 amide bonds. The molecule has 2 heterocycles. The highest BCUT2D eigenvalue weighted by Gasteiger charge is 2.15. The van der Waals surface area contributed by atoms with E-state index in [1.165, 1.54) is 29.8 Å². The standard InChI is InChI=1S/C24H22ClFN6O3/c1-14(33)27-9-10-32-22-20(30-21(23(32)34)16-4-6-17(35-2)7-5-16)13-29-24(31-22)28-12-15-3-8-18(25)19(26)11-15/h3-8,11,13H,9-10,12H2,1-2H3,(H,27,33)(H,28,29,31). The molecule has 11 heteroatoms. The highest BCUT2D eigenvalue weighted by molar-refractivity contribution is 6.30. The number of benzene rings is 2. The zero-order chi connectivity index (χ0) is 24.9. The number of amides is 1. The lowest BCUT2D eigenvalue weighted by molar-refractivity contribution is -0.118. The van der Waals surface area contributed by atoms with E-state index in [0.29, 0.717) is 28.0 Å². The van der Waals surface area contributed by atoms with Gasteiger partial charge in [0.2, 0.25) is 11.9 Å². The molecule has 2 N–H and O–H groups in total. The van der Waals surface area contributed by atoms with E-state index < -0.39 is 5.82 Å². The van der Waals surface area contributed by atoms with E-state index in [2.05, 4.69) is 25.6 Å². The highest BCUT2D eigenvalue weighted by Crippen LogP contribution is 2.21. The smallest absolute Gasteiger partial charge is 0.278 e. The van der Waals surface area contributed by atoms with Gasteiger partial charge in [0.05, 0.1) is 18.3 Å². The number of carbonyl (C=O) groups is 1. The molecule has 0 bridgehead atoms. The fraction of sp³-hybridized carbons (Fsp3) is 0.208. The maximum atomic E-state index is 13.7. The molecule has 2 aromatic carbocycles. The quantitative estimate of drug-likeness (QED) is 0.384. The van der Waals surface area contributed by atoms with Crippen molar-refractivity contribution >= 4 is 34.6 Å². The Morgan fingerprint density at radius 1 is 1.17 bits per heavy atom. The molecule has 9 nitrogen and oxygen atoms in total. The van der Waals surface area contributed by atoms with Gasteiger partial charge in [0.15, 0.2) is 5.65 Å². The molecule has 0 saturated heterocycles. The molecule has 0 fully saturated rings. The topological polar surface area (TPSA) is 111 Å². The van der Waals surface area contributed by atoms with E-state index >= 15 is 0 Å². The summed E-state index contributed by atoms with van der Waals surface area (Å²) in [7, 11) is 1.56. The molecule has 0 atom stereocenters. The number of halogens is 2. The Morgan fingerprint density at radius 3 is 2.63 bits per heavy atom. The normalized spacial score (nSPS) is 10.9. The first-order valence-electron chi connectivity index (χ1n) is 10.7. The van der Waals surface area contributed by atoms with Crippen molar-refractivity contribution in [1.29, 1.82) is 0 Å². The van der Waals surface area contributed by atoms with Gasteiger partial charge in [-0.1, -0.05) is 17.7 Å². The minimum atomic E-state index is -0.521. The van der Waals surface area contributed by atoms with Crippen LogP contribution in [0.1, 0.15) is 12.5 Å². The molecule has 0 radical (unpaired) electrons. The Balaban J connectivity index is 1.71. The average Bonchev–Trinajstić information content (AvgIpc) is 2.85. The number of hydrogen-bond donors (Lipinski definition) is 2. The van der Waals surface area contributed by atoms with Gasteiger partial charge in [-0.2, -0.15) is 4.98 Å². The Bertz CT molecular complexity index is 1440. The second-order valence-corrected chi connectivity index (χ2v) is 8.04. The van der Waals surface area contributed by atoms with E-state index in [4.69, 9.17) is 16.3 Å². The van der Waals surface area contributed by atoms with Crippen molar-refractivity contribution in [2.45, 2.75) is 20.0 Å². The molecule has 0 unspecified atom stereocenters. The summed E-state index contributed by atoms with van der Waals surface area (Å²) in [6, 6.07) is 11.5. The first kappa shape index (κ1) is 24.1. The minimum absolute atomic E-state index is 0.0395. The van der Waals surface area contributed by atoms with Gasteiger partial charge in [-0.25, -0.2) is 14.4 Å². The van der Waals surface area contributed by atoms with Crippen LogP contribution in [0.15, 0.2) is 53.5 Å². The summed E-state index contributed by atoms with van der Waals surface area (Å²) in [6.07, 6.45) is 1.51. The van der Waals surface area contributed by atoms with Crippen molar-refractivity contribution in [2.75, 3.05) is 19.0 Å². The van der Waals surface area contributed by atoms with Gasteiger partial charge in [0.1, 0.15) is 22.8 Å². The number of nitrogens with zero attached hydrogens (tertiary/aromatic N) is 4. The number of rotatable bonds is 8. The predicted molar refractivity (Wildman–Crippen MR) is 131 cm³/mol. The molecule has 35 heavy (non-hydrogen) atoms. The molecule has 0 saturated carbocycles. The average molecular weight is 497 g/mol. The zero-order valence-corrected chi connectivity index (χ0v) is 19.8. The van der Waals surface area contributed by atoms with Crippen LogP contribution < -0.4 is 20.9 Å². The largest absolute Gasteiger partial charge is 0.497 e. The van der Waals surface area contributed by atoms with E-state index in [1.807, 2.05) is 0 Å². The molecule has 0 spiro atoms. The van der Waals surface area contributed by atoms with Gasteiger partial charge in [-0.3, -0.25) is 14.2 Å². The van der Waals surface area contributed by atoms with Gasteiger partial charge >= 0.3 is 0 Å². The Kier molecular flexibility index (Phi) is 7.21. The molecular weight excluding hydrogens is 475 g/mol. The summed E-state index contributed by atoms with van der Waals surface area (Å²) in [5.41, 5.74) is 1.82. The number of methoxy groups -OCH3 is 1. The SMILES string of the molecule is COc1ccc(-c2nc3cnc(NCc4ccc(Cl)c(F)c4)nc3n(CCNC(C)=O)c2=O)cc1. The van der Waals surface area contributed by atoms with Crippen molar-refractivity contribution in [3.05, 3.63) is 75.4 Å². The molecule has 0 aliphatic carbocycles. The summed E-state index contributed by atoms with van der Waals surface area (Å²) >= 11 is 5.74. The maximum Gasteiger partial charge on any atom is 0.278 e. The van der Waals surface area contributed by atoms with Gasteiger partial charge in [0, 0.05) is 32.1 Å². The van der Waals surface area contributed by atoms with Crippen LogP contribution in [0.2, 0.25) is 5.02 Å². The van der Waals surface area contributed by atoms with Crippen LogP contribution in [0.25, 0.3) is 22.4 Å². The number of nitrogens with one attached hydrogen (secondary N) is 2. The predicted octanol–water partition coefficient (Wildman–Crippen LogP) is 3.40. The van der Waals surface area contributed by atoms with Crippen LogP contribution in [-0.2, 0) is 17.9 Å². The van der Waals surface area contributed by atoms with E-state index in [1.54, 1.807) is 37.4 Å².